The van der Waals surface area contributed by atoms with Crippen LogP contribution in [0, 0.1) is 11.3 Å². The van der Waals surface area contributed by atoms with Gasteiger partial charge >= 0.3 is 12.0 Å². The number of carbonyl (C=O) groups excluding carboxylic acids is 1. The zero-order valence-electron chi connectivity index (χ0n) is 22.3. The predicted octanol–water partition coefficient (Wildman–Crippen LogP) is 7.98. The molecule has 0 spiro atoms. The number of carboxylic acid groups (broad SMARTS) is 1. The SMILES string of the molecule is CC(NC(=O)N(Cc1ccc(C=CC=CC(=O)O)cc1)C1CCC(C(C)(C)C)CC1)c1ccc(Br)cc1. The maximum atomic E-state index is 13.6. The second-order valence-corrected chi connectivity index (χ2v) is 11.9. The van der Waals surface area contributed by atoms with Crippen molar-refractivity contribution < 1.29 is 14.7 Å². The minimum Gasteiger partial charge on any atom is -0.478 e. The van der Waals surface area contributed by atoms with Crippen molar-refractivity contribution in [2.75, 3.05) is 0 Å². The smallest absolute Gasteiger partial charge is 0.328 e. The molecule has 1 unspecified atom stereocenters. The van der Waals surface area contributed by atoms with Crippen molar-refractivity contribution in [1.29, 1.82) is 0 Å². The first-order valence-electron chi connectivity index (χ1n) is 13.0. The number of nitrogens with zero attached hydrogens (tertiary/aromatic N) is 1. The van der Waals surface area contributed by atoms with Crippen LogP contribution < -0.4 is 5.32 Å². The first kappa shape index (κ1) is 28.7. The van der Waals surface area contributed by atoms with Crippen LogP contribution in [0.1, 0.15) is 76.1 Å². The van der Waals surface area contributed by atoms with Gasteiger partial charge in [0.15, 0.2) is 0 Å². The molecule has 2 aromatic carbocycles. The number of halogens is 1. The first-order valence-corrected chi connectivity index (χ1v) is 13.8. The van der Waals surface area contributed by atoms with Crippen LogP contribution in [0.3, 0.4) is 0 Å². The average Bonchev–Trinajstić information content (AvgIpc) is 2.85. The van der Waals surface area contributed by atoms with Gasteiger partial charge in [-0.2, -0.15) is 0 Å². The molecule has 1 aliphatic carbocycles. The molecule has 2 amide bonds. The van der Waals surface area contributed by atoms with Crippen LogP contribution in [0.25, 0.3) is 6.08 Å². The van der Waals surface area contributed by atoms with Crippen molar-refractivity contribution in [3.63, 3.8) is 0 Å². The summed E-state index contributed by atoms with van der Waals surface area (Å²) < 4.78 is 1.02. The maximum absolute atomic E-state index is 13.6. The highest BCUT2D eigenvalue weighted by Crippen LogP contribution is 2.39. The number of allylic oxidation sites excluding steroid dienone is 2. The highest BCUT2D eigenvalue weighted by molar-refractivity contribution is 9.10. The Balaban J connectivity index is 1.73. The van der Waals surface area contributed by atoms with E-state index in [1.54, 1.807) is 6.08 Å². The number of rotatable bonds is 8. The molecule has 1 atom stereocenters. The number of benzene rings is 2. The molecule has 0 heterocycles. The molecule has 5 nitrogen and oxygen atoms in total. The highest BCUT2D eigenvalue weighted by atomic mass is 79.9. The molecule has 0 saturated heterocycles. The summed E-state index contributed by atoms with van der Waals surface area (Å²) in [6, 6.07) is 16.2. The maximum Gasteiger partial charge on any atom is 0.328 e. The van der Waals surface area contributed by atoms with Gasteiger partial charge in [-0.25, -0.2) is 9.59 Å². The van der Waals surface area contributed by atoms with Gasteiger partial charge in [0.05, 0.1) is 6.04 Å². The third-order valence-corrected chi connectivity index (χ3v) is 7.83. The molecule has 0 aromatic heterocycles. The molecule has 198 valence electrons. The fourth-order valence-corrected chi connectivity index (χ4v) is 5.22. The van der Waals surface area contributed by atoms with Gasteiger partial charge in [-0.3, -0.25) is 0 Å². The monoisotopic (exact) mass is 566 g/mol. The second-order valence-electron chi connectivity index (χ2n) is 11.0. The Labute approximate surface area is 229 Å². The number of hydrogen-bond acceptors (Lipinski definition) is 2. The quantitative estimate of drug-likeness (QED) is 0.251. The van der Waals surface area contributed by atoms with Gasteiger partial charge in [-0.15, -0.1) is 0 Å². The van der Waals surface area contributed by atoms with Gasteiger partial charge in [0.2, 0.25) is 0 Å². The van der Waals surface area contributed by atoms with Crippen molar-refractivity contribution in [2.45, 2.75) is 72.0 Å². The van der Waals surface area contributed by atoms with Crippen molar-refractivity contribution in [3.8, 4) is 0 Å². The summed E-state index contributed by atoms with van der Waals surface area (Å²) in [6.07, 6.45) is 10.5. The van der Waals surface area contributed by atoms with Crippen molar-refractivity contribution in [3.05, 3.63) is 87.9 Å². The zero-order valence-corrected chi connectivity index (χ0v) is 23.9. The molecule has 0 bridgehead atoms. The number of nitrogens with one attached hydrogen (secondary N) is 1. The van der Waals surface area contributed by atoms with E-state index in [1.807, 2.05) is 66.4 Å². The van der Waals surface area contributed by atoms with E-state index < -0.39 is 5.97 Å². The Bertz CT molecular complexity index is 1090. The third kappa shape index (κ3) is 8.89. The van der Waals surface area contributed by atoms with Crippen LogP contribution in [0.4, 0.5) is 4.79 Å². The van der Waals surface area contributed by atoms with Crippen LogP contribution >= 0.6 is 15.9 Å². The molecule has 0 radical (unpaired) electrons. The number of aliphatic carboxylic acids is 1. The van der Waals surface area contributed by atoms with Gasteiger partial charge in [0.1, 0.15) is 0 Å². The van der Waals surface area contributed by atoms with Crippen molar-refractivity contribution in [1.82, 2.24) is 10.2 Å². The summed E-state index contributed by atoms with van der Waals surface area (Å²) in [5, 5.41) is 11.9. The molecule has 37 heavy (non-hydrogen) atoms. The minimum atomic E-state index is -0.968. The molecule has 1 aliphatic rings. The molecule has 0 aliphatic heterocycles. The minimum absolute atomic E-state index is 0.0302. The Hall–Kier alpha value is -2.86. The summed E-state index contributed by atoms with van der Waals surface area (Å²) in [4.78, 5) is 26.2. The number of hydrogen-bond donors (Lipinski definition) is 2. The van der Waals surface area contributed by atoms with E-state index in [0.717, 1.165) is 52.9 Å². The van der Waals surface area contributed by atoms with E-state index in [1.165, 1.54) is 6.08 Å². The van der Waals surface area contributed by atoms with Gasteiger partial charge in [0, 0.05) is 23.1 Å². The van der Waals surface area contributed by atoms with E-state index in [0.29, 0.717) is 12.5 Å². The molecule has 1 saturated carbocycles. The molecular weight excluding hydrogens is 528 g/mol. The average molecular weight is 568 g/mol. The lowest BCUT2D eigenvalue weighted by Crippen LogP contribution is -2.48. The Morgan fingerprint density at radius 3 is 2.22 bits per heavy atom. The predicted molar refractivity (Wildman–Crippen MR) is 154 cm³/mol. The normalized spacial score (nSPS) is 19.2. The van der Waals surface area contributed by atoms with E-state index in [9.17, 15) is 9.59 Å². The molecule has 6 heteroatoms. The highest BCUT2D eigenvalue weighted by Gasteiger charge is 2.34. The Morgan fingerprint density at radius 1 is 1.03 bits per heavy atom. The largest absolute Gasteiger partial charge is 0.478 e. The standard InChI is InChI=1S/C31H39BrN2O3/c1-22(25-13-17-27(32)18-14-25)33-30(37)34(28-19-15-26(16-20-28)31(2,3)4)21-24-11-9-23(10-12-24)7-5-6-8-29(35)36/h5-14,17-18,22,26,28H,15-16,19-21H2,1-4H3,(H,33,37)(H,35,36). The number of carbonyl (C=O) groups is 2. The van der Waals surface area contributed by atoms with Gasteiger partial charge < -0.3 is 15.3 Å². The van der Waals surface area contributed by atoms with E-state index in [-0.39, 0.29) is 23.5 Å². The summed E-state index contributed by atoms with van der Waals surface area (Å²) in [7, 11) is 0. The topological polar surface area (TPSA) is 69.6 Å². The first-order chi connectivity index (χ1) is 17.5. The lowest BCUT2D eigenvalue weighted by Gasteiger charge is -2.41. The fraction of sp³-hybridized carbons (Fsp3) is 0.419. The van der Waals surface area contributed by atoms with E-state index in [2.05, 4.69) is 42.0 Å². The van der Waals surface area contributed by atoms with Gasteiger partial charge in [0.25, 0.3) is 0 Å². The molecule has 1 fully saturated rings. The summed E-state index contributed by atoms with van der Waals surface area (Å²) in [5.41, 5.74) is 3.41. The molecule has 2 N–H and O–H groups in total. The number of carboxylic acids is 1. The summed E-state index contributed by atoms with van der Waals surface area (Å²) >= 11 is 3.48. The lowest BCUT2D eigenvalue weighted by atomic mass is 9.71. The van der Waals surface area contributed by atoms with Crippen LogP contribution in [0.5, 0.6) is 0 Å². The van der Waals surface area contributed by atoms with Gasteiger partial charge in [-0.1, -0.05) is 91.3 Å². The Kier molecular flexibility index (Phi) is 10.2. The molecular formula is C31H39BrN2O3. The van der Waals surface area contributed by atoms with Crippen LogP contribution in [0.15, 0.2) is 71.2 Å². The number of amides is 2. The van der Waals surface area contributed by atoms with Crippen LogP contribution in [-0.4, -0.2) is 28.0 Å². The van der Waals surface area contributed by atoms with Crippen LogP contribution in [0.2, 0.25) is 0 Å². The fourth-order valence-electron chi connectivity index (χ4n) is 4.96. The summed E-state index contributed by atoms with van der Waals surface area (Å²) in [6.45, 7) is 9.52. The second kappa shape index (κ2) is 13.1. The third-order valence-electron chi connectivity index (χ3n) is 7.30. The zero-order chi connectivity index (χ0) is 27.0. The van der Waals surface area contributed by atoms with Gasteiger partial charge in [-0.05, 0) is 72.8 Å². The Morgan fingerprint density at radius 2 is 1.65 bits per heavy atom. The van der Waals surface area contributed by atoms with E-state index >= 15 is 0 Å². The summed E-state index contributed by atoms with van der Waals surface area (Å²) in [5.74, 6) is -0.291. The van der Waals surface area contributed by atoms with Crippen molar-refractivity contribution in [2.24, 2.45) is 11.3 Å². The molecule has 3 rings (SSSR count). The molecule has 2 aromatic rings. The van der Waals surface area contributed by atoms with Crippen LogP contribution in [-0.2, 0) is 11.3 Å². The lowest BCUT2D eigenvalue weighted by molar-refractivity contribution is -0.131. The number of urea groups is 1. The van der Waals surface area contributed by atoms with E-state index in [4.69, 9.17) is 5.11 Å². The van der Waals surface area contributed by atoms with Crippen molar-refractivity contribution >= 4 is 34.0 Å².